The van der Waals surface area contributed by atoms with Crippen molar-refractivity contribution in [1.82, 2.24) is 4.90 Å². The van der Waals surface area contributed by atoms with Crippen LogP contribution in [0.5, 0.6) is 0 Å². The first-order valence-electron chi connectivity index (χ1n) is 6.42. The van der Waals surface area contributed by atoms with Crippen molar-refractivity contribution in [3.63, 3.8) is 0 Å². The van der Waals surface area contributed by atoms with Gasteiger partial charge in [0, 0.05) is 23.1 Å². The van der Waals surface area contributed by atoms with Gasteiger partial charge in [-0.15, -0.1) is 12.6 Å². The van der Waals surface area contributed by atoms with Crippen LogP contribution >= 0.6 is 12.6 Å². The van der Waals surface area contributed by atoms with Crippen LogP contribution in [0.15, 0.2) is 47.4 Å². The highest BCUT2D eigenvalue weighted by Crippen LogP contribution is 2.24. The van der Waals surface area contributed by atoms with Crippen molar-refractivity contribution in [2.75, 3.05) is 7.05 Å². The van der Waals surface area contributed by atoms with Crippen LogP contribution in [0.3, 0.4) is 0 Å². The molecule has 0 bridgehead atoms. The molecule has 0 spiro atoms. The molecule has 0 N–H and O–H groups in total. The molecule has 0 saturated carbocycles. The standard InChI is InChI=1S/C16H15F2NOS/c1-10(12-5-3-4-6-13(12)17)19(2)16(20)11-7-8-14(18)15(21)9-11/h3-10,21H,1-2H3. The number of hydrogen-bond acceptors (Lipinski definition) is 2. The number of carbonyl (C=O) groups excluding carboxylic acids is 1. The molecule has 2 nitrogen and oxygen atoms in total. The summed E-state index contributed by atoms with van der Waals surface area (Å²) in [5, 5.41) is 0. The Morgan fingerprint density at radius 2 is 1.81 bits per heavy atom. The lowest BCUT2D eigenvalue weighted by molar-refractivity contribution is 0.0740. The minimum Gasteiger partial charge on any atom is -0.335 e. The highest BCUT2D eigenvalue weighted by atomic mass is 32.1. The largest absolute Gasteiger partial charge is 0.335 e. The molecule has 110 valence electrons. The van der Waals surface area contributed by atoms with Gasteiger partial charge in [-0.1, -0.05) is 18.2 Å². The first kappa shape index (κ1) is 15.5. The Morgan fingerprint density at radius 1 is 1.14 bits per heavy atom. The molecule has 0 heterocycles. The molecule has 2 rings (SSSR count). The molecule has 0 saturated heterocycles. The van der Waals surface area contributed by atoms with E-state index in [0.29, 0.717) is 11.1 Å². The summed E-state index contributed by atoms with van der Waals surface area (Å²) >= 11 is 3.96. The molecule has 0 aliphatic rings. The maximum Gasteiger partial charge on any atom is 0.254 e. The van der Waals surface area contributed by atoms with Crippen molar-refractivity contribution >= 4 is 18.5 Å². The lowest BCUT2D eigenvalue weighted by atomic mass is 10.1. The number of nitrogens with zero attached hydrogens (tertiary/aromatic N) is 1. The smallest absolute Gasteiger partial charge is 0.254 e. The van der Waals surface area contributed by atoms with Gasteiger partial charge in [0.2, 0.25) is 0 Å². The van der Waals surface area contributed by atoms with Crippen LogP contribution in [0, 0.1) is 11.6 Å². The zero-order valence-corrected chi connectivity index (χ0v) is 12.6. The number of hydrogen-bond donors (Lipinski definition) is 1. The molecule has 5 heteroatoms. The first-order valence-corrected chi connectivity index (χ1v) is 6.86. The fourth-order valence-corrected chi connectivity index (χ4v) is 2.26. The Labute approximate surface area is 127 Å². The number of halogens is 2. The van der Waals surface area contributed by atoms with E-state index in [4.69, 9.17) is 0 Å². The third-order valence-corrected chi connectivity index (χ3v) is 3.79. The summed E-state index contributed by atoms with van der Waals surface area (Å²) in [6.45, 7) is 1.74. The van der Waals surface area contributed by atoms with Crippen LogP contribution in [-0.4, -0.2) is 17.9 Å². The summed E-state index contributed by atoms with van der Waals surface area (Å²) in [5.41, 5.74) is 0.744. The Bertz CT molecular complexity index is 675. The molecule has 0 aliphatic heterocycles. The van der Waals surface area contributed by atoms with Gasteiger partial charge in [0.05, 0.1) is 6.04 Å². The lowest BCUT2D eigenvalue weighted by Gasteiger charge is -2.26. The predicted molar refractivity (Wildman–Crippen MR) is 80.6 cm³/mol. The summed E-state index contributed by atoms with van der Waals surface area (Å²) in [6.07, 6.45) is 0. The number of amides is 1. The van der Waals surface area contributed by atoms with Crippen molar-refractivity contribution < 1.29 is 13.6 Å². The van der Waals surface area contributed by atoms with Gasteiger partial charge in [-0.2, -0.15) is 0 Å². The van der Waals surface area contributed by atoms with E-state index in [1.165, 1.54) is 29.2 Å². The summed E-state index contributed by atoms with van der Waals surface area (Å²) in [5.74, 6) is -1.17. The Hall–Kier alpha value is -1.88. The van der Waals surface area contributed by atoms with Crippen molar-refractivity contribution in [2.24, 2.45) is 0 Å². The van der Waals surface area contributed by atoms with Crippen LogP contribution in [0.25, 0.3) is 0 Å². The van der Waals surface area contributed by atoms with Crippen molar-refractivity contribution in [2.45, 2.75) is 17.9 Å². The van der Waals surface area contributed by atoms with E-state index in [1.807, 2.05) is 0 Å². The van der Waals surface area contributed by atoms with Gasteiger partial charge in [-0.3, -0.25) is 4.79 Å². The first-order chi connectivity index (χ1) is 9.91. The van der Waals surface area contributed by atoms with Gasteiger partial charge >= 0.3 is 0 Å². The van der Waals surface area contributed by atoms with E-state index < -0.39 is 11.9 Å². The quantitative estimate of drug-likeness (QED) is 0.847. The zero-order chi connectivity index (χ0) is 15.6. The average molecular weight is 307 g/mol. The van der Waals surface area contributed by atoms with E-state index >= 15 is 0 Å². The minimum atomic E-state index is -0.486. The predicted octanol–water partition coefficient (Wildman–Crippen LogP) is 4.09. The maximum absolute atomic E-state index is 13.8. The molecule has 0 aliphatic carbocycles. The number of rotatable bonds is 3. The van der Waals surface area contributed by atoms with Crippen molar-refractivity contribution in [3.8, 4) is 0 Å². The second-order valence-corrected chi connectivity index (χ2v) is 5.26. The zero-order valence-electron chi connectivity index (χ0n) is 11.7. The minimum absolute atomic E-state index is 0.104. The highest BCUT2D eigenvalue weighted by molar-refractivity contribution is 7.80. The van der Waals surface area contributed by atoms with Gasteiger partial charge in [-0.05, 0) is 31.2 Å². The second-order valence-electron chi connectivity index (χ2n) is 4.78. The number of benzene rings is 2. The Balaban J connectivity index is 2.26. The summed E-state index contributed by atoms with van der Waals surface area (Å²) in [7, 11) is 1.58. The van der Waals surface area contributed by atoms with Crippen molar-refractivity contribution in [3.05, 3.63) is 65.2 Å². The van der Waals surface area contributed by atoms with E-state index in [2.05, 4.69) is 12.6 Å². The second kappa shape index (κ2) is 6.26. The third-order valence-electron chi connectivity index (χ3n) is 3.45. The van der Waals surface area contributed by atoms with Gasteiger partial charge in [0.25, 0.3) is 5.91 Å². The molecule has 0 radical (unpaired) electrons. The van der Waals surface area contributed by atoms with Crippen molar-refractivity contribution in [1.29, 1.82) is 0 Å². The molecule has 0 aromatic heterocycles. The topological polar surface area (TPSA) is 20.3 Å². The van der Waals surface area contributed by atoms with Crippen LogP contribution < -0.4 is 0 Å². The van der Waals surface area contributed by atoms with E-state index in [-0.39, 0.29) is 16.6 Å². The molecule has 21 heavy (non-hydrogen) atoms. The average Bonchev–Trinajstić information content (AvgIpc) is 2.48. The van der Waals surface area contributed by atoms with Gasteiger partial charge < -0.3 is 4.90 Å². The van der Waals surface area contributed by atoms with E-state index in [0.717, 1.165) is 0 Å². The lowest BCUT2D eigenvalue weighted by Crippen LogP contribution is -2.30. The molecule has 1 amide bonds. The van der Waals surface area contributed by atoms with E-state index in [9.17, 15) is 13.6 Å². The van der Waals surface area contributed by atoms with Gasteiger partial charge in [-0.25, -0.2) is 8.78 Å². The molecule has 2 aromatic carbocycles. The maximum atomic E-state index is 13.8. The van der Waals surface area contributed by atoms with Crippen LogP contribution in [0.2, 0.25) is 0 Å². The Kier molecular flexibility index (Phi) is 4.63. The fraction of sp³-hybridized carbons (Fsp3) is 0.188. The third kappa shape index (κ3) is 3.24. The summed E-state index contributed by atoms with van der Waals surface area (Å²) in [4.78, 5) is 13.9. The molecular weight excluding hydrogens is 292 g/mol. The SMILES string of the molecule is CC(c1ccccc1F)N(C)C(=O)c1ccc(F)c(S)c1. The molecule has 1 atom stereocenters. The molecule has 1 unspecified atom stereocenters. The number of thiol groups is 1. The summed E-state index contributed by atoms with van der Waals surface area (Å²) in [6, 6.07) is 9.82. The molecule has 0 fully saturated rings. The van der Waals surface area contributed by atoms with Gasteiger partial charge in [0.1, 0.15) is 11.6 Å². The van der Waals surface area contributed by atoms with Gasteiger partial charge in [0.15, 0.2) is 0 Å². The molecule has 2 aromatic rings. The highest BCUT2D eigenvalue weighted by Gasteiger charge is 2.21. The molecular formula is C16H15F2NOS. The Morgan fingerprint density at radius 3 is 2.43 bits per heavy atom. The monoisotopic (exact) mass is 307 g/mol. The normalized spacial score (nSPS) is 12.0. The fourth-order valence-electron chi connectivity index (χ4n) is 2.05. The summed E-state index contributed by atoms with van der Waals surface area (Å²) < 4.78 is 27.0. The van der Waals surface area contributed by atoms with E-state index in [1.54, 1.807) is 32.2 Å². The number of carbonyl (C=O) groups is 1. The van der Waals surface area contributed by atoms with Crippen LogP contribution in [0.4, 0.5) is 8.78 Å². The van der Waals surface area contributed by atoms with Crippen LogP contribution in [-0.2, 0) is 0 Å². The van der Waals surface area contributed by atoms with Crippen LogP contribution in [0.1, 0.15) is 28.9 Å².